The minimum atomic E-state index is 0.0120. The second-order valence-corrected chi connectivity index (χ2v) is 3.46. The van der Waals surface area contributed by atoms with Crippen molar-refractivity contribution >= 4 is 5.78 Å². The van der Waals surface area contributed by atoms with Gasteiger partial charge in [-0.05, 0) is 37.3 Å². The Bertz CT molecular complexity index is 276. The molecule has 64 valence electrons. The normalized spacial score (nSPS) is 29.1. The molecule has 0 saturated heterocycles. The molecule has 0 spiro atoms. The third-order valence-corrected chi connectivity index (χ3v) is 2.67. The van der Waals surface area contributed by atoms with E-state index in [-0.39, 0.29) is 11.8 Å². The quantitative estimate of drug-likeness (QED) is 0.585. The lowest BCUT2D eigenvalue weighted by Gasteiger charge is -2.24. The first-order chi connectivity index (χ1) is 5.79. The molecule has 0 fully saturated rings. The maximum absolute atomic E-state index is 11.4. The van der Waals surface area contributed by atoms with Crippen LogP contribution in [0.15, 0.2) is 23.3 Å². The summed E-state index contributed by atoms with van der Waals surface area (Å²) in [6, 6.07) is 0.0120. The Morgan fingerprint density at radius 3 is 2.83 bits per heavy atom. The fourth-order valence-corrected chi connectivity index (χ4v) is 1.99. The van der Waals surface area contributed by atoms with Crippen LogP contribution in [0.4, 0.5) is 0 Å². The van der Waals surface area contributed by atoms with Crippen LogP contribution in [-0.4, -0.2) is 11.8 Å². The van der Waals surface area contributed by atoms with E-state index in [1.54, 1.807) is 6.08 Å². The van der Waals surface area contributed by atoms with E-state index < -0.39 is 0 Å². The van der Waals surface area contributed by atoms with Crippen molar-refractivity contribution in [1.29, 1.82) is 0 Å². The van der Waals surface area contributed by atoms with E-state index in [1.165, 1.54) is 12.0 Å². The Hall–Kier alpha value is -0.890. The molecular formula is C10H13NO. The van der Waals surface area contributed by atoms with Gasteiger partial charge in [0.2, 0.25) is 0 Å². The lowest BCUT2D eigenvalue weighted by molar-refractivity contribution is -0.111. The van der Waals surface area contributed by atoms with Crippen molar-refractivity contribution in [2.45, 2.75) is 31.7 Å². The first kappa shape index (κ1) is 7.74. The summed E-state index contributed by atoms with van der Waals surface area (Å²) >= 11 is 0. The minimum Gasteiger partial charge on any atom is -0.321 e. The molecule has 0 saturated carbocycles. The number of nitrogens with two attached hydrogens (primary N) is 1. The Morgan fingerprint density at radius 1 is 1.33 bits per heavy atom. The van der Waals surface area contributed by atoms with Crippen molar-refractivity contribution in [3.63, 3.8) is 0 Å². The molecule has 1 atom stereocenters. The summed E-state index contributed by atoms with van der Waals surface area (Å²) in [5, 5.41) is 0. The monoisotopic (exact) mass is 163 g/mol. The molecule has 0 radical (unpaired) electrons. The van der Waals surface area contributed by atoms with Gasteiger partial charge in [0, 0.05) is 11.6 Å². The average Bonchev–Trinajstić information content (AvgIpc) is 2.12. The van der Waals surface area contributed by atoms with Gasteiger partial charge < -0.3 is 5.73 Å². The highest BCUT2D eigenvalue weighted by molar-refractivity contribution is 6.06. The van der Waals surface area contributed by atoms with Crippen molar-refractivity contribution in [2.24, 2.45) is 5.73 Å². The van der Waals surface area contributed by atoms with Crippen LogP contribution < -0.4 is 5.73 Å². The Morgan fingerprint density at radius 2 is 2.08 bits per heavy atom. The zero-order valence-corrected chi connectivity index (χ0v) is 7.05. The predicted octanol–water partition coefficient (Wildman–Crippen LogP) is 1.32. The first-order valence-electron chi connectivity index (χ1n) is 4.49. The highest BCUT2D eigenvalue weighted by Gasteiger charge is 2.23. The summed E-state index contributed by atoms with van der Waals surface area (Å²) in [6.07, 6.45) is 7.72. The molecule has 0 aromatic rings. The SMILES string of the molecule is NC1C=CC(=O)C2=C1CCCC2. The molecule has 0 bridgehead atoms. The van der Waals surface area contributed by atoms with Crippen LogP contribution in [0, 0.1) is 0 Å². The fraction of sp³-hybridized carbons (Fsp3) is 0.500. The summed E-state index contributed by atoms with van der Waals surface area (Å²) in [5.74, 6) is 0.186. The van der Waals surface area contributed by atoms with E-state index in [0.29, 0.717) is 0 Å². The second-order valence-electron chi connectivity index (χ2n) is 3.46. The molecule has 0 amide bonds. The van der Waals surface area contributed by atoms with Gasteiger partial charge >= 0.3 is 0 Å². The van der Waals surface area contributed by atoms with E-state index in [0.717, 1.165) is 24.8 Å². The second kappa shape index (κ2) is 2.87. The predicted molar refractivity (Wildman–Crippen MR) is 47.6 cm³/mol. The van der Waals surface area contributed by atoms with Crippen LogP contribution in [0.25, 0.3) is 0 Å². The maximum atomic E-state index is 11.4. The Kier molecular flexibility index (Phi) is 1.85. The Labute approximate surface area is 72.1 Å². The van der Waals surface area contributed by atoms with Gasteiger partial charge in [-0.3, -0.25) is 4.79 Å². The molecule has 1 unspecified atom stereocenters. The molecule has 2 heteroatoms. The van der Waals surface area contributed by atoms with Crippen molar-refractivity contribution in [3.05, 3.63) is 23.3 Å². The molecule has 0 aliphatic heterocycles. The molecule has 2 aliphatic carbocycles. The molecule has 2 nitrogen and oxygen atoms in total. The molecule has 2 N–H and O–H groups in total. The molecule has 12 heavy (non-hydrogen) atoms. The summed E-state index contributed by atoms with van der Waals surface area (Å²) in [6.45, 7) is 0. The summed E-state index contributed by atoms with van der Waals surface area (Å²) in [5.41, 5.74) is 8.04. The fourth-order valence-electron chi connectivity index (χ4n) is 1.99. The number of carbonyl (C=O) groups is 1. The van der Waals surface area contributed by atoms with Crippen LogP contribution in [0.1, 0.15) is 25.7 Å². The zero-order valence-electron chi connectivity index (χ0n) is 7.05. The maximum Gasteiger partial charge on any atom is 0.181 e. The lowest BCUT2D eigenvalue weighted by atomic mass is 9.82. The summed E-state index contributed by atoms with van der Waals surface area (Å²) in [4.78, 5) is 11.4. The number of rotatable bonds is 0. The highest BCUT2D eigenvalue weighted by Crippen LogP contribution is 2.29. The van der Waals surface area contributed by atoms with E-state index in [1.807, 2.05) is 6.08 Å². The number of allylic oxidation sites excluding steroid dienone is 2. The van der Waals surface area contributed by atoms with E-state index >= 15 is 0 Å². The summed E-state index contributed by atoms with van der Waals surface area (Å²) < 4.78 is 0. The number of hydrogen-bond donors (Lipinski definition) is 1. The van der Waals surface area contributed by atoms with Crippen molar-refractivity contribution in [1.82, 2.24) is 0 Å². The molecule has 2 rings (SSSR count). The zero-order chi connectivity index (χ0) is 8.55. The van der Waals surface area contributed by atoms with Crippen LogP contribution >= 0.6 is 0 Å². The molecular weight excluding hydrogens is 150 g/mol. The summed E-state index contributed by atoms with van der Waals surface area (Å²) in [7, 11) is 0. The van der Waals surface area contributed by atoms with Crippen LogP contribution in [0.5, 0.6) is 0 Å². The van der Waals surface area contributed by atoms with Gasteiger partial charge in [-0.25, -0.2) is 0 Å². The number of hydrogen-bond acceptors (Lipinski definition) is 2. The highest BCUT2D eigenvalue weighted by atomic mass is 16.1. The van der Waals surface area contributed by atoms with Crippen LogP contribution in [0.2, 0.25) is 0 Å². The minimum absolute atomic E-state index is 0.0120. The van der Waals surface area contributed by atoms with Crippen LogP contribution in [-0.2, 0) is 4.79 Å². The van der Waals surface area contributed by atoms with E-state index in [4.69, 9.17) is 5.73 Å². The van der Waals surface area contributed by atoms with Crippen molar-refractivity contribution in [3.8, 4) is 0 Å². The third kappa shape index (κ3) is 1.12. The molecule has 0 aromatic carbocycles. The average molecular weight is 163 g/mol. The standard InChI is InChI=1S/C10H13NO/c11-9-5-6-10(12)8-4-2-1-3-7(8)9/h5-6,9H,1-4,11H2. The smallest absolute Gasteiger partial charge is 0.181 e. The number of ketones is 1. The molecule has 2 aliphatic rings. The van der Waals surface area contributed by atoms with Gasteiger partial charge in [0.1, 0.15) is 0 Å². The largest absolute Gasteiger partial charge is 0.321 e. The van der Waals surface area contributed by atoms with Gasteiger partial charge in [-0.2, -0.15) is 0 Å². The first-order valence-corrected chi connectivity index (χ1v) is 4.49. The Balaban J connectivity index is 2.36. The van der Waals surface area contributed by atoms with E-state index in [9.17, 15) is 4.79 Å². The van der Waals surface area contributed by atoms with Gasteiger partial charge in [-0.1, -0.05) is 6.08 Å². The van der Waals surface area contributed by atoms with Gasteiger partial charge in [-0.15, -0.1) is 0 Å². The molecule has 0 heterocycles. The van der Waals surface area contributed by atoms with Crippen molar-refractivity contribution < 1.29 is 4.79 Å². The topological polar surface area (TPSA) is 43.1 Å². The lowest BCUT2D eigenvalue weighted by Crippen LogP contribution is -2.28. The van der Waals surface area contributed by atoms with Gasteiger partial charge in [0.05, 0.1) is 0 Å². The van der Waals surface area contributed by atoms with Crippen LogP contribution in [0.3, 0.4) is 0 Å². The third-order valence-electron chi connectivity index (χ3n) is 2.67. The van der Waals surface area contributed by atoms with Gasteiger partial charge in [0.25, 0.3) is 0 Å². The van der Waals surface area contributed by atoms with E-state index in [2.05, 4.69) is 0 Å². The molecule has 0 aromatic heterocycles. The number of carbonyl (C=O) groups excluding carboxylic acids is 1. The van der Waals surface area contributed by atoms with Gasteiger partial charge in [0.15, 0.2) is 5.78 Å². The van der Waals surface area contributed by atoms with Crippen molar-refractivity contribution in [2.75, 3.05) is 0 Å².